The van der Waals surface area contributed by atoms with Gasteiger partial charge in [-0.05, 0) is 18.2 Å². The van der Waals surface area contributed by atoms with Crippen LogP contribution in [0.25, 0.3) is 0 Å². The molecule has 0 fully saturated rings. The zero-order valence-electron chi connectivity index (χ0n) is 9.27. The summed E-state index contributed by atoms with van der Waals surface area (Å²) in [6.45, 7) is 0.127. The van der Waals surface area contributed by atoms with Crippen LogP contribution in [0.1, 0.15) is 5.56 Å². The molecule has 90 valence electrons. The second kappa shape index (κ2) is 6.70. The van der Waals surface area contributed by atoms with E-state index >= 15 is 0 Å². The smallest absolute Gasteiger partial charge is 0.191 e. The monoisotopic (exact) mass is 246 g/mol. The Labute approximate surface area is 99.7 Å². The Kier molecular flexibility index (Phi) is 5.55. The van der Waals surface area contributed by atoms with Crippen molar-refractivity contribution in [2.45, 2.75) is 12.9 Å². The first-order chi connectivity index (χ1) is 7.71. The van der Waals surface area contributed by atoms with E-state index in [0.29, 0.717) is 16.3 Å². The molecule has 1 N–H and O–H groups in total. The van der Waals surface area contributed by atoms with Crippen molar-refractivity contribution in [3.63, 3.8) is 0 Å². The van der Waals surface area contributed by atoms with E-state index < -0.39 is 6.29 Å². The zero-order chi connectivity index (χ0) is 12.0. The second-order valence-corrected chi connectivity index (χ2v) is 3.56. The van der Waals surface area contributed by atoms with E-state index in [9.17, 15) is 0 Å². The van der Waals surface area contributed by atoms with Crippen molar-refractivity contribution in [3.05, 3.63) is 28.8 Å². The lowest BCUT2D eigenvalue weighted by atomic mass is 10.2. The Morgan fingerprint density at radius 3 is 2.56 bits per heavy atom. The molecule has 1 aromatic carbocycles. The van der Waals surface area contributed by atoms with Gasteiger partial charge in [-0.15, -0.1) is 0 Å². The van der Waals surface area contributed by atoms with Gasteiger partial charge in [0.1, 0.15) is 12.4 Å². The van der Waals surface area contributed by atoms with Gasteiger partial charge in [-0.2, -0.15) is 0 Å². The van der Waals surface area contributed by atoms with E-state index in [1.807, 2.05) is 0 Å². The van der Waals surface area contributed by atoms with Gasteiger partial charge in [-0.1, -0.05) is 11.6 Å². The number of aliphatic hydroxyl groups excluding tert-OH is 1. The van der Waals surface area contributed by atoms with Crippen LogP contribution in [0.2, 0.25) is 5.02 Å². The average Bonchev–Trinajstić information content (AvgIpc) is 2.31. The minimum atomic E-state index is -0.428. The van der Waals surface area contributed by atoms with E-state index in [1.165, 1.54) is 14.2 Å². The predicted molar refractivity (Wildman–Crippen MR) is 60.7 cm³/mol. The van der Waals surface area contributed by atoms with Crippen LogP contribution in [-0.4, -0.2) is 32.2 Å². The summed E-state index contributed by atoms with van der Waals surface area (Å²) in [5, 5.41) is 9.68. The maximum Gasteiger partial charge on any atom is 0.191 e. The first-order valence-corrected chi connectivity index (χ1v) is 5.16. The first-order valence-electron chi connectivity index (χ1n) is 4.79. The molecule has 0 aliphatic rings. The summed E-state index contributed by atoms with van der Waals surface area (Å²) >= 11 is 5.80. The topological polar surface area (TPSA) is 47.9 Å². The van der Waals surface area contributed by atoms with E-state index in [-0.39, 0.29) is 13.2 Å². The van der Waals surface area contributed by atoms with Crippen LogP contribution < -0.4 is 4.74 Å². The molecule has 1 aromatic rings. The molecule has 0 aliphatic carbocycles. The average molecular weight is 247 g/mol. The SMILES string of the molecule is COC(COc1ccc(Cl)cc1CO)OC. The molecule has 16 heavy (non-hydrogen) atoms. The molecule has 0 spiro atoms. The fourth-order valence-electron chi connectivity index (χ4n) is 1.20. The number of aliphatic hydroxyl groups is 1. The molecule has 0 aromatic heterocycles. The van der Waals surface area contributed by atoms with E-state index in [1.54, 1.807) is 18.2 Å². The highest BCUT2D eigenvalue weighted by Gasteiger charge is 2.09. The van der Waals surface area contributed by atoms with Gasteiger partial charge in [0, 0.05) is 24.8 Å². The van der Waals surface area contributed by atoms with Crippen LogP contribution in [0.4, 0.5) is 0 Å². The van der Waals surface area contributed by atoms with Crippen molar-refractivity contribution in [1.82, 2.24) is 0 Å². The van der Waals surface area contributed by atoms with Crippen LogP contribution in [0, 0.1) is 0 Å². The van der Waals surface area contributed by atoms with Crippen molar-refractivity contribution >= 4 is 11.6 Å². The van der Waals surface area contributed by atoms with Crippen LogP contribution >= 0.6 is 11.6 Å². The minimum absolute atomic E-state index is 0.124. The fraction of sp³-hybridized carbons (Fsp3) is 0.455. The Morgan fingerprint density at radius 2 is 2.00 bits per heavy atom. The van der Waals surface area contributed by atoms with Crippen LogP contribution in [-0.2, 0) is 16.1 Å². The summed E-state index contributed by atoms with van der Waals surface area (Å²) in [5.41, 5.74) is 0.637. The fourth-order valence-corrected chi connectivity index (χ4v) is 1.40. The van der Waals surface area contributed by atoms with Crippen LogP contribution in [0.15, 0.2) is 18.2 Å². The lowest BCUT2D eigenvalue weighted by Crippen LogP contribution is -2.22. The first kappa shape index (κ1) is 13.3. The van der Waals surface area contributed by atoms with E-state index in [2.05, 4.69) is 0 Å². The number of ether oxygens (including phenoxy) is 3. The molecule has 0 atom stereocenters. The van der Waals surface area contributed by atoms with Crippen molar-refractivity contribution in [2.75, 3.05) is 20.8 Å². The number of rotatable bonds is 6. The molecular weight excluding hydrogens is 232 g/mol. The van der Waals surface area contributed by atoms with Crippen molar-refractivity contribution in [1.29, 1.82) is 0 Å². The van der Waals surface area contributed by atoms with E-state index in [4.69, 9.17) is 30.9 Å². The van der Waals surface area contributed by atoms with Gasteiger partial charge < -0.3 is 19.3 Å². The Bertz CT molecular complexity index is 326. The van der Waals surface area contributed by atoms with Gasteiger partial charge in [0.05, 0.1) is 6.61 Å². The summed E-state index contributed by atoms with van der Waals surface area (Å²) in [6.07, 6.45) is -0.428. The molecule has 4 nitrogen and oxygen atoms in total. The third-order valence-corrected chi connectivity index (χ3v) is 2.33. The molecule has 0 aliphatic heterocycles. The molecule has 0 unspecified atom stereocenters. The van der Waals surface area contributed by atoms with E-state index in [0.717, 1.165) is 0 Å². The Hall–Kier alpha value is -0.810. The normalized spacial score (nSPS) is 10.8. The van der Waals surface area contributed by atoms with Crippen molar-refractivity contribution in [3.8, 4) is 5.75 Å². The molecule has 5 heteroatoms. The van der Waals surface area contributed by atoms with Crippen molar-refractivity contribution < 1.29 is 19.3 Å². The lowest BCUT2D eigenvalue weighted by Gasteiger charge is -2.16. The molecule has 1 rings (SSSR count). The molecule has 0 saturated carbocycles. The Morgan fingerprint density at radius 1 is 1.31 bits per heavy atom. The highest BCUT2D eigenvalue weighted by atomic mass is 35.5. The van der Waals surface area contributed by atoms with Gasteiger partial charge in [-0.3, -0.25) is 0 Å². The number of halogens is 1. The molecule has 0 heterocycles. The molecule has 0 amide bonds. The highest BCUT2D eigenvalue weighted by molar-refractivity contribution is 6.30. The highest BCUT2D eigenvalue weighted by Crippen LogP contribution is 2.23. The molecule has 0 radical (unpaired) electrons. The van der Waals surface area contributed by atoms with Gasteiger partial charge in [-0.25, -0.2) is 0 Å². The number of benzene rings is 1. The van der Waals surface area contributed by atoms with Gasteiger partial charge >= 0.3 is 0 Å². The third kappa shape index (κ3) is 3.64. The lowest BCUT2D eigenvalue weighted by molar-refractivity contribution is -0.122. The number of methoxy groups -OCH3 is 2. The molecule has 0 saturated heterocycles. The summed E-state index contributed by atoms with van der Waals surface area (Å²) in [5.74, 6) is 0.575. The third-order valence-electron chi connectivity index (χ3n) is 2.09. The second-order valence-electron chi connectivity index (χ2n) is 3.12. The number of hydrogen-bond acceptors (Lipinski definition) is 4. The van der Waals surface area contributed by atoms with Gasteiger partial charge in [0.15, 0.2) is 6.29 Å². The largest absolute Gasteiger partial charge is 0.488 e. The number of hydrogen-bond donors (Lipinski definition) is 1. The Balaban J connectivity index is 2.65. The molecular formula is C11H15ClO4. The summed E-state index contributed by atoms with van der Waals surface area (Å²) in [7, 11) is 3.07. The van der Waals surface area contributed by atoms with Gasteiger partial charge in [0.2, 0.25) is 0 Å². The van der Waals surface area contributed by atoms with Crippen molar-refractivity contribution in [2.24, 2.45) is 0 Å². The van der Waals surface area contributed by atoms with Crippen LogP contribution in [0.5, 0.6) is 5.75 Å². The molecule has 0 bridgehead atoms. The minimum Gasteiger partial charge on any atom is -0.488 e. The van der Waals surface area contributed by atoms with Gasteiger partial charge in [0.25, 0.3) is 0 Å². The summed E-state index contributed by atoms with van der Waals surface area (Å²) in [6, 6.07) is 5.06. The maximum absolute atomic E-state index is 9.12. The zero-order valence-corrected chi connectivity index (χ0v) is 10.0. The summed E-state index contributed by atoms with van der Waals surface area (Å²) in [4.78, 5) is 0. The van der Waals surface area contributed by atoms with Crippen LogP contribution in [0.3, 0.4) is 0 Å². The summed E-state index contributed by atoms with van der Waals surface area (Å²) < 4.78 is 15.4. The maximum atomic E-state index is 9.12. The standard InChI is InChI=1S/C11H15ClO4/c1-14-11(15-2)7-16-10-4-3-9(12)5-8(10)6-13/h3-5,11,13H,6-7H2,1-2H3. The predicted octanol–water partition coefficient (Wildman–Crippen LogP) is 1.83. The quantitative estimate of drug-likeness (QED) is 0.778.